The molecule has 0 fully saturated rings. The van der Waals surface area contributed by atoms with Crippen LogP contribution in [0.15, 0.2) is 84.9 Å². The monoisotopic (exact) mass is 452 g/mol. The number of carbonyl (C=O) groups is 1. The molecule has 1 aliphatic rings. The lowest BCUT2D eigenvalue weighted by Gasteiger charge is -2.33. The highest BCUT2D eigenvalue weighted by Crippen LogP contribution is 2.43. The number of amides is 1. The first-order chi connectivity index (χ1) is 16.4. The van der Waals surface area contributed by atoms with Crippen LogP contribution >= 0.6 is 0 Å². The van der Waals surface area contributed by atoms with Crippen molar-refractivity contribution in [2.75, 3.05) is 22.7 Å². The molecule has 4 aromatic rings. The van der Waals surface area contributed by atoms with Crippen LogP contribution in [0.25, 0.3) is 10.8 Å². The number of aromatic hydroxyl groups is 1. The van der Waals surface area contributed by atoms with Crippen molar-refractivity contribution in [3.05, 3.63) is 96.1 Å². The predicted octanol–water partition coefficient (Wildman–Crippen LogP) is 5.47. The van der Waals surface area contributed by atoms with Crippen LogP contribution in [-0.4, -0.2) is 24.2 Å². The molecule has 1 heterocycles. The number of phenolic OH excluding ortho intramolecular Hbond substituents is 1. The van der Waals surface area contributed by atoms with Crippen LogP contribution in [-0.2, 0) is 5.41 Å². The standard InChI is InChI=1S/C28H28N4O2/c1-28(2)22-15-9-10-16-24(22)32(3)27(28)31-30-23-17-21(25(33)20-14-8-7-13-19(20)23)26(34)29-18-11-5-4-6-12-18/h4-17,27,30-31,33H,1-3H3,(H,29,34). The zero-order valence-corrected chi connectivity index (χ0v) is 19.5. The summed E-state index contributed by atoms with van der Waals surface area (Å²) in [4.78, 5) is 15.3. The number of nitrogens with one attached hydrogen (secondary N) is 3. The zero-order chi connectivity index (χ0) is 23.9. The number of rotatable bonds is 5. The second kappa shape index (κ2) is 8.39. The van der Waals surface area contributed by atoms with Crippen LogP contribution in [0.3, 0.4) is 0 Å². The maximum absolute atomic E-state index is 13.1. The van der Waals surface area contributed by atoms with Gasteiger partial charge >= 0.3 is 0 Å². The Labute approximate surface area is 199 Å². The average Bonchev–Trinajstić information content (AvgIpc) is 3.04. The second-order valence-corrected chi connectivity index (χ2v) is 9.21. The Bertz CT molecular complexity index is 1370. The minimum absolute atomic E-state index is 0.0286. The maximum Gasteiger partial charge on any atom is 0.259 e. The molecule has 0 saturated heterocycles. The first-order valence-corrected chi connectivity index (χ1v) is 11.3. The van der Waals surface area contributed by atoms with Gasteiger partial charge in [0.1, 0.15) is 11.9 Å². The van der Waals surface area contributed by atoms with Gasteiger partial charge in [0.2, 0.25) is 0 Å². The van der Waals surface area contributed by atoms with E-state index in [4.69, 9.17) is 0 Å². The number of para-hydroxylation sites is 2. The molecule has 0 aromatic heterocycles. The van der Waals surface area contributed by atoms with E-state index in [-0.39, 0.29) is 28.8 Å². The Kier molecular flexibility index (Phi) is 5.38. The Morgan fingerprint density at radius 3 is 2.29 bits per heavy atom. The third-order valence-corrected chi connectivity index (χ3v) is 6.69. The first kappa shape index (κ1) is 21.8. The van der Waals surface area contributed by atoms with Crippen LogP contribution in [0.2, 0.25) is 0 Å². The summed E-state index contributed by atoms with van der Waals surface area (Å²) in [6.45, 7) is 4.42. The molecule has 0 spiro atoms. The number of benzene rings is 4. The van der Waals surface area contributed by atoms with Gasteiger partial charge in [-0.25, -0.2) is 5.43 Å². The Morgan fingerprint density at radius 1 is 0.912 bits per heavy atom. The van der Waals surface area contributed by atoms with E-state index in [9.17, 15) is 9.90 Å². The van der Waals surface area contributed by atoms with Gasteiger partial charge < -0.3 is 20.7 Å². The van der Waals surface area contributed by atoms with Crippen LogP contribution in [0.4, 0.5) is 17.1 Å². The lowest BCUT2D eigenvalue weighted by atomic mass is 9.84. The van der Waals surface area contributed by atoms with Gasteiger partial charge in [-0.3, -0.25) is 4.79 Å². The molecule has 5 rings (SSSR count). The van der Waals surface area contributed by atoms with E-state index < -0.39 is 0 Å². The number of hydrogen-bond acceptors (Lipinski definition) is 5. The highest BCUT2D eigenvalue weighted by atomic mass is 16.3. The number of hydrogen-bond donors (Lipinski definition) is 4. The minimum Gasteiger partial charge on any atom is -0.506 e. The van der Waals surface area contributed by atoms with Gasteiger partial charge in [-0.2, -0.15) is 0 Å². The van der Waals surface area contributed by atoms with Crippen molar-refractivity contribution < 1.29 is 9.90 Å². The van der Waals surface area contributed by atoms with Crippen LogP contribution < -0.4 is 21.1 Å². The molecule has 1 amide bonds. The number of nitrogens with zero attached hydrogens (tertiary/aromatic N) is 1. The quantitative estimate of drug-likeness (QED) is 0.239. The fourth-order valence-corrected chi connectivity index (χ4v) is 4.88. The molecule has 0 bridgehead atoms. The Morgan fingerprint density at radius 2 is 1.56 bits per heavy atom. The van der Waals surface area contributed by atoms with Gasteiger partial charge in [-0.15, -0.1) is 0 Å². The van der Waals surface area contributed by atoms with Crippen molar-refractivity contribution in [2.24, 2.45) is 0 Å². The maximum atomic E-state index is 13.1. The van der Waals surface area contributed by atoms with E-state index in [1.165, 1.54) is 11.3 Å². The third kappa shape index (κ3) is 3.62. The molecule has 34 heavy (non-hydrogen) atoms. The summed E-state index contributed by atoms with van der Waals surface area (Å²) in [6, 6.07) is 26.8. The summed E-state index contributed by atoms with van der Waals surface area (Å²) in [7, 11) is 2.07. The first-order valence-electron chi connectivity index (χ1n) is 11.3. The number of hydrazine groups is 1. The smallest absolute Gasteiger partial charge is 0.259 e. The lowest BCUT2D eigenvalue weighted by Crippen LogP contribution is -2.52. The molecule has 4 N–H and O–H groups in total. The summed E-state index contributed by atoms with van der Waals surface area (Å²) in [6.07, 6.45) is -0.0286. The van der Waals surface area contributed by atoms with Crippen molar-refractivity contribution in [2.45, 2.75) is 25.4 Å². The zero-order valence-electron chi connectivity index (χ0n) is 19.5. The summed E-state index contributed by atoms with van der Waals surface area (Å²) in [5, 5.41) is 15.2. The SMILES string of the molecule is CN1c2ccccc2C(C)(C)C1NNc1cc(C(=O)Nc2ccccc2)c(O)c2ccccc12. The Hall–Kier alpha value is -4.03. The molecule has 1 aliphatic heterocycles. The molecule has 0 aliphatic carbocycles. The number of phenols is 1. The average molecular weight is 453 g/mol. The van der Waals surface area contributed by atoms with Crippen molar-refractivity contribution in [1.82, 2.24) is 5.43 Å². The number of likely N-dealkylation sites (N-methyl/N-ethyl adjacent to an activating group) is 1. The molecule has 1 unspecified atom stereocenters. The predicted molar refractivity (Wildman–Crippen MR) is 138 cm³/mol. The molecule has 0 radical (unpaired) electrons. The number of anilines is 3. The van der Waals surface area contributed by atoms with E-state index in [1.807, 2.05) is 60.7 Å². The molecule has 4 aromatic carbocycles. The highest BCUT2D eigenvalue weighted by Gasteiger charge is 2.42. The molecule has 6 heteroatoms. The summed E-state index contributed by atoms with van der Waals surface area (Å²) < 4.78 is 0. The molecule has 0 saturated carbocycles. The normalized spacial score (nSPS) is 16.3. The van der Waals surface area contributed by atoms with Gasteiger partial charge in [0.05, 0.1) is 11.3 Å². The second-order valence-electron chi connectivity index (χ2n) is 9.21. The van der Waals surface area contributed by atoms with Crippen molar-refractivity contribution in [3.63, 3.8) is 0 Å². The molecule has 172 valence electrons. The molecule has 6 nitrogen and oxygen atoms in total. The molecular weight excluding hydrogens is 424 g/mol. The van der Waals surface area contributed by atoms with E-state index in [0.29, 0.717) is 16.8 Å². The fraction of sp³-hybridized carbons (Fsp3) is 0.179. The number of fused-ring (bicyclic) bond motifs is 2. The van der Waals surface area contributed by atoms with Gasteiger partial charge in [-0.05, 0) is 29.8 Å². The summed E-state index contributed by atoms with van der Waals surface area (Å²) in [5.74, 6) is -0.413. The largest absolute Gasteiger partial charge is 0.506 e. The number of carbonyl (C=O) groups excluding carboxylic acids is 1. The lowest BCUT2D eigenvalue weighted by molar-refractivity contribution is 0.102. The fourth-order valence-electron chi connectivity index (χ4n) is 4.88. The molecule has 1 atom stereocenters. The minimum atomic E-state index is -0.372. The van der Waals surface area contributed by atoms with Gasteiger partial charge in [0.15, 0.2) is 0 Å². The Balaban J connectivity index is 1.48. The summed E-state index contributed by atoms with van der Waals surface area (Å²) >= 11 is 0. The topological polar surface area (TPSA) is 76.6 Å². The van der Waals surface area contributed by atoms with Crippen molar-refractivity contribution >= 4 is 33.7 Å². The van der Waals surface area contributed by atoms with Crippen LogP contribution in [0.1, 0.15) is 29.8 Å². The van der Waals surface area contributed by atoms with Crippen molar-refractivity contribution in [1.29, 1.82) is 0 Å². The highest BCUT2D eigenvalue weighted by molar-refractivity contribution is 6.12. The van der Waals surface area contributed by atoms with Crippen LogP contribution in [0, 0.1) is 0 Å². The van der Waals surface area contributed by atoms with Gasteiger partial charge in [0, 0.05) is 34.6 Å². The third-order valence-electron chi connectivity index (χ3n) is 6.69. The van der Waals surface area contributed by atoms with E-state index in [0.717, 1.165) is 5.39 Å². The van der Waals surface area contributed by atoms with E-state index in [2.05, 4.69) is 60.2 Å². The van der Waals surface area contributed by atoms with Crippen molar-refractivity contribution in [3.8, 4) is 5.75 Å². The molecular formula is C28H28N4O2. The van der Waals surface area contributed by atoms with Gasteiger partial charge in [0.25, 0.3) is 5.91 Å². The van der Waals surface area contributed by atoms with E-state index >= 15 is 0 Å². The summed E-state index contributed by atoms with van der Waals surface area (Å²) in [5.41, 5.74) is 10.7. The van der Waals surface area contributed by atoms with E-state index in [1.54, 1.807) is 6.07 Å². The van der Waals surface area contributed by atoms with Crippen LogP contribution in [0.5, 0.6) is 5.75 Å². The van der Waals surface area contributed by atoms with Gasteiger partial charge in [-0.1, -0.05) is 74.5 Å².